The Hall–Kier alpha value is -1.68. The Bertz CT molecular complexity index is 636. The van der Waals surface area contributed by atoms with Gasteiger partial charge in [0.1, 0.15) is 22.8 Å². The number of aromatic nitrogens is 2. The molecule has 0 radical (unpaired) electrons. The van der Waals surface area contributed by atoms with Gasteiger partial charge in [0.2, 0.25) is 0 Å². The number of hydrogen-bond donors (Lipinski definition) is 1. The van der Waals surface area contributed by atoms with Crippen LogP contribution in [0.25, 0.3) is 0 Å². The normalized spacial score (nSPS) is 17.3. The summed E-state index contributed by atoms with van der Waals surface area (Å²) in [6.07, 6.45) is 0.925. The Labute approximate surface area is 111 Å². The van der Waals surface area contributed by atoms with E-state index in [0.717, 1.165) is 23.7 Å². The monoisotopic (exact) mass is 258 g/mol. The first-order chi connectivity index (χ1) is 8.78. The summed E-state index contributed by atoms with van der Waals surface area (Å²) < 4.78 is 6.33. The number of nitrogens with zero attached hydrogens (tertiary/aromatic N) is 1. The van der Waals surface area contributed by atoms with E-state index >= 15 is 0 Å². The Morgan fingerprint density at radius 3 is 3.11 bits per heavy atom. The molecule has 1 N–H and O–H groups in total. The Morgan fingerprint density at radius 2 is 2.28 bits per heavy atom. The highest BCUT2D eigenvalue weighted by Gasteiger charge is 2.27. The van der Waals surface area contributed by atoms with Crippen LogP contribution < -0.4 is 4.74 Å². The van der Waals surface area contributed by atoms with E-state index in [1.165, 1.54) is 5.56 Å². The van der Waals surface area contributed by atoms with E-state index in [0.29, 0.717) is 11.2 Å². The summed E-state index contributed by atoms with van der Waals surface area (Å²) in [5.74, 6) is 2.02. The average molecular weight is 258 g/mol. The smallest absolute Gasteiger partial charge is 0.130 e. The molecule has 0 aliphatic carbocycles. The number of H-pyrrole nitrogens is 1. The van der Waals surface area contributed by atoms with E-state index < -0.39 is 0 Å². The highest BCUT2D eigenvalue weighted by molar-refractivity contribution is 7.71. The molecule has 0 saturated heterocycles. The third-order valence-electron chi connectivity index (χ3n) is 3.23. The molecule has 0 fully saturated rings. The second-order valence-electron chi connectivity index (χ2n) is 4.38. The molecule has 4 heteroatoms. The van der Waals surface area contributed by atoms with Crippen LogP contribution in [0.3, 0.4) is 0 Å². The first kappa shape index (κ1) is 11.4. The lowest BCUT2D eigenvalue weighted by Crippen LogP contribution is -2.09. The SMILES string of the molecule is CCc1cc(=S)nc(C2COc3ccccc32)[nH]1. The van der Waals surface area contributed by atoms with Crippen molar-refractivity contribution in [3.8, 4) is 5.75 Å². The molecule has 0 amide bonds. The second-order valence-corrected chi connectivity index (χ2v) is 4.80. The van der Waals surface area contributed by atoms with Gasteiger partial charge >= 0.3 is 0 Å². The molecule has 1 aromatic carbocycles. The maximum atomic E-state index is 5.68. The lowest BCUT2D eigenvalue weighted by atomic mass is 10.0. The largest absolute Gasteiger partial charge is 0.492 e. The van der Waals surface area contributed by atoms with Crippen molar-refractivity contribution in [2.75, 3.05) is 6.61 Å². The van der Waals surface area contributed by atoms with E-state index in [2.05, 4.69) is 23.0 Å². The van der Waals surface area contributed by atoms with Crippen LogP contribution in [0.4, 0.5) is 0 Å². The number of hydrogen-bond acceptors (Lipinski definition) is 3. The number of aromatic amines is 1. The summed E-state index contributed by atoms with van der Waals surface area (Å²) in [5.41, 5.74) is 2.30. The molecule has 1 aromatic heterocycles. The van der Waals surface area contributed by atoms with Crippen molar-refractivity contribution in [3.05, 3.63) is 52.1 Å². The zero-order valence-corrected chi connectivity index (χ0v) is 11.0. The predicted octanol–water partition coefficient (Wildman–Crippen LogP) is 3.23. The fourth-order valence-corrected chi connectivity index (χ4v) is 2.51. The number of fused-ring (bicyclic) bond motifs is 1. The van der Waals surface area contributed by atoms with Gasteiger partial charge < -0.3 is 9.72 Å². The van der Waals surface area contributed by atoms with Crippen LogP contribution in [0, 0.1) is 4.64 Å². The standard InChI is InChI=1S/C14H14N2OS/c1-2-9-7-13(18)16-14(15-9)11-8-17-12-6-4-3-5-10(11)12/h3-7,11H,2,8H2,1H3,(H,15,16,18). The van der Waals surface area contributed by atoms with Crippen molar-refractivity contribution in [1.29, 1.82) is 0 Å². The minimum atomic E-state index is 0.161. The summed E-state index contributed by atoms with van der Waals surface area (Å²) in [7, 11) is 0. The van der Waals surface area contributed by atoms with E-state index in [-0.39, 0.29) is 5.92 Å². The molecule has 18 heavy (non-hydrogen) atoms. The zero-order chi connectivity index (χ0) is 12.5. The molecule has 0 bridgehead atoms. The quantitative estimate of drug-likeness (QED) is 0.840. The minimum Gasteiger partial charge on any atom is -0.492 e. The van der Waals surface area contributed by atoms with Crippen LogP contribution in [-0.2, 0) is 6.42 Å². The van der Waals surface area contributed by atoms with Crippen LogP contribution in [-0.4, -0.2) is 16.6 Å². The summed E-state index contributed by atoms with van der Waals surface area (Å²) in [4.78, 5) is 7.80. The second kappa shape index (κ2) is 4.53. The van der Waals surface area contributed by atoms with Gasteiger partial charge in [0.25, 0.3) is 0 Å². The molecule has 2 aromatic rings. The first-order valence-electron chi connectivity index (χ1n) is 6.10. The highest BCUT2D eigenvalue weighted by Crippen LogP contribution is 2.36. The topological polar surface area (TPSA) is 37.9 Å². The van der Waals surface area contributed by atoms with Gasteiger partial charge in [0.05, 0.1) is 5.92 Å². The number of aryl methyl sites for hydroxylation is 1. The molecule has 1 unspecified atom stereocenters. The van der Waals surface area contributed by atoms with Crippen molar-refractivity contribution < 1.29 is 4.74 Å². The molecule has 1 atom stereocenters. The van der Waals surface area contributed by atoms with E-state index in [4.69, 9.17) is 17.0 Å². The fraction of sp³-hybridized carbons (Fsp3) is 0.286. The number of para-hydroxylation sites is 1. The third kappa shape index (κ3) is 1.93. The first-order valence-corrected chi connectivity index (χ1v) is 6.50. The Kier molecular flexibility index (Phi) is 2.88. The number of ether oxygens (including phenoxy) is 1. The van der Waals surface area contributed by atoms with Gasteiger partial charge in [-0.15, -0.1) is 0 Å². The number of nitrogens with one attached hydrogen (secondary N) is 1. The van der Waals surface area contributed by atoms with Gasteiger partial charge in [-0.05, 0) is 18.6 Å². The predicted molar refractivity (Wildman–Crippen MR) is 72.6 cm³/mol. The van der Waals surface area contributed by atoms with Crippen molar-refractivity contribution in [3.63, 3.8) is 0 Å². The van der Waals surface area contributed by atoms with Crippen molar-refractivity contribution in [2.24, 2.45) is 0 Å². The van der Waals surface area contributed by atoms with Crippen LogP contribution in [0.1, 0.15) is 29.9 Å². The summed E-state index contributed by atoms with van der Waals surface area (Å²) in [6.45, 7) is 2.73. The van der Waals surface area contributed by atoms with Crippen LogP contribution in [0.2, 0.25) is 0 Å². The molecule has 92 valence electrons. The third-order valence-corrected chi connectivity index (χ3v) is 3.44. The zero-order valence-electron chi connectivity index (χ0n) is 10.1. The summed E-state index contributed by atoms with van der Waals surface area (Å²) in [6, 6.07) is 10.0. The average Bonchev–Trinajstić information content (AvgIpc) is 2.81. The molecule has 3 nitrogen and oxygen atoms in total. The highest BCUT2D eigenvalue weighted by atomic mass is 32.1. The van der Waals surface area contributed by atoms with Crippen LogP contribution >= 0.6 is 12.2 Å². The molecule has 0 saturated carbocycles. The Balaban J connectivity index is 2.07. The van der Waals surface area contributed by atoms with Gasteiger partial charge in [-0.3, -0.25) is 0 Å². The molecule has 0 spiro atoms. The van der Waals surface area contributed by atoms with Crippen molar-refractivity contribution in [1.82, 2.24) is 9.97 Å². The van der Waals surface area contributed by atoms with E-state index in [1.54, 1.807) is 0 Å². The molecular weight excluding hydrogens is 244 g/mol. The van der Waals surface area contributed by atoms with Crippen LogP contribution in [0.15, 0.2) is 30.3 Å². The minimum absolute atomic E-state index is 0.161. The van der Waals surface area contributed by atoms with E-state index in [1.807, 2.05) is 24.3 Å². The maximum Gasteiger partial charge on any atom is 0.130 e. The molecule has 1 aliphatic heterocycles. The fourth-order valence-electron chi connectivity index (χ4n) is 2.27. The van der Waals surface area contributed by atoms with Gasteiger partial charge in [-0.1, -0.05) is 37.3 Å². The molecule has 1 aliphatic rings. The summed E-state index contributed by atoms with van der Waals surface area (Å²) >= 11 is 5.22. The lowest BCUT2D eigenvalue weighted by Gasteiger charge is -2.10. The van der Waals surface area contributed by atoms with Crippen molar-refractivity contribution >= 4 is 12.2 Å². The molecule has 2 heterocycles. The van der Waals surface area contributed by atoms with Gasteiger partial charge in [0, 0.05) is 11.3 Å². The number of rotatable bonds is 2. The summed E-state index contributed by atoms with van der Waals surface area (Å²) in [5, 5.41) is 0. The Morgan fingerprint density at radius 1 is 1.44 bits per heavy atom. The van der Waals surface area contributed by atoms with Gasteiger partial charge in [-0.25, -0.2) is 4.98 Å². The lowest BCUT2D eigenvalue weighted by molar-refractivity contribution is 0.339. The van der Waals surface area contributed by atoms with Crippen molar-refractivity contribution in [2.45, 2.75) is 19.3 Å². The molecule has 3 rings (SSSR count). The maximum absolute atomic E-state index is 5.68. The van der Waals surface area contributed by atoms with Crippen LogP contribution in [0.5, 0.6) is 5.75 Å². The molecular formula is C14H14N2OS. The number of benzene rings is 1. The van der Waals surface area contributed by atoms with Gasteiger partial charge in [-0.2, -0.15) is 0 Å². The van der Waals surface area contributed by atoms with E-state index in [9.17, 15) is 0 Å². The van der Waals surface area contributed by atoms with Gasteiger partial charge in [0.15, 0.2) is 0 Å².